The zero-order chi connectivity index (χ0) is 26.1. The number of nitrogens with one attached hydrogen (secondary N) is 2. The van der Waals surface area contributed by atoms with E-state index in [0.29, 0.717) is 40.1 Å². The average Bonchev–Trinajstić information content (AvgIpc) is 3.42. The number of nitrogens with zero attached hydrogens (tertiary/aromatic N) is 5. The van der Waals surface area contributed by atoms with Crippen molar-refractivity contribution >= 4 is 34.1 Å². The van der Waals surface area contributed by atoms with Crippen molar-refractivity contribution in [2.75, 3.05) is 10.6 Å². The summed E-state index contributed by atoms with van der Waals surface area (Å²) in [6, 6.07) is 18.4. The second-order valence-electron chi connectivity index (χ2n) is 8.76. The van der Waals surface area contributed by atoms with Crippen molar-refractivity contribution in [3.05, 3.63) is 89.5 Å². The van der Waals surface area contributed by atoms with E-state index in [1.165, 1.54) is 0 Å². The number of fused-ring (bicyclic) bond motifs is 1. The molecule has 3 heterocycles. The molecule has 0 saturated heterocycles. The van der Waals surface area contributed by atoms with Crippen molar-refractivity contribution in [2.45, 2.75) is 27.3 Å². The number of amides is 2. The molecule has 2 aromatic carbocycles. The first-order valence-corrected chi connectivity index (χ1v) is 12.0. The summed E-state index contributed by atoms with van der Waals surface area (Å²) in [5.41, 5.74) is 5.59. The van der Waals surface area contributed by atoms with Gasteiger partial charge in [-0.15, -0.1) is 0 Å². The second-order valence-corrected chi connectivity index (χ2v) is 8.76. The zero-order valence-electron chi connectivity index (χ0n) is 21.1. The molecule has 0 spiro atoms. The molecule has 0 aliphatic carbocycles. The highest BCUT2D eigenvalue weighted by Gasteiger charge is 2.22. The number of anilines is 2. The van der Waals surface area contributed by atoms with Crippen molar-refractivity contribution in [2.24, 2.45) is 7.05 Å². The Morgan fingerprint density at radius 3 is 2.35 bits per heavy atom. The van der Waals surface area contributed by atoms with Gasteiger partial charge in [-0.3, -0.25) is 19.0 Å². The SMILES string of the molecule is CCn1cc(NC(=O)c2cc(-c3c(C)nn(C)c3C)nc3ccccc23)c(C(=O)Nc2ccccc2)n1. The first-order chi connectivity index (χ1) is 17.9. The average molecular weight is 494 g/mol. The Bertz CT molecular complexity index is 1630. The number of carbonyl (C=O) groups excluding carboxylic acids is 2. The molecule has 0 unspecified atom stereocenters. The summed E-state index contributed by atoms with van der Waals surface area (Å²) in [4.78, 5) is 31.6. The van der Waals surface area contributed by atoms with Gasteiger partial charge < -0.3 is 10.6 Å². The van der Waals surface area contributed by atoms with Crippen LogP contribution in [0.15, 0.2) is 66.9 Å². The Balaban J connectivity index is 1.54. The first kappa shape index (κ1) is 23.9. The summed E-state index contributed by atoms with van der Waals surface area (Å²) < 4.78 is 3.42. The lowest BCUT2D eigenvalue weighted by Gasteiger charge is -2.11. The van der Waals surface area contributed by atoms with Gasteiger partial charge in [0.05, 0.1) is 28.2 Å². The third kappa shape index (κ3) is 4.58. The molecule has 0 bridgehead atoms. The Morgan fingerprint density at radius 1 is 0.919 bits per heavy atom. The summed E-state index contributed by atoms with van der Waals surface area (Å²) in [5.74, 6) is -0.765. The van der Waals surface area contributed by atoms with Gasteiger partial charge in [-0.2, -0.15) is 10.2 Å². The zero-order valence-corrected chi connectivity index (χ0v) is 21.1. The minimum absolute atomic E-state index is 0.136. The molecule has 0 aliphatic heterocycles. The van der Waals surface area contributed by atoms with Gasteiger partial charge in [-0.05, 0) is 45.0 Å². The molecular formula is C28H27N7O2. The number of aromatic nitrogens is 5. The van der Waals surface area contributed by atoms with E-state index in [1.54, 1.807) is 33.8 Å². The van der Waals surface area contributed by atoms with E-state index in [4.69, 9.17) is 4.98 Å². The summed E-state index contributed by atoms with van der Waals surface area (Å²) in [6.07, 6.45) is 1.66. The highest BCUT2D eigenvalue weighted by atomic mass is 16.2. The van der Waals surface area contributed by atoms with Gasteiger partial charge >= 0.3 is 0 Å². The van der Waals surface area contributed by atoms with Gasteiger partial charge in [-0.1, -0.05) is 36.4 Å². The molecular weight excluding hydrogens is 466 g/mol. The predicted octanol–water partition coefficient (Wildman–Crippen LogP) is 4.97. The van der Waals surface area contributed by atoms with Crippen LogP contribution in [0.5, 0.6) is 0 Å². The van der Waals surface area contributed by atoms with Gasteiger partial charge in [0.1, 0.15) is 0 Å². The van der Waals surface area contributed by atoms with E-state index in [-0.39, 0.29) is 11.6 Å². The fourth-order valence-electron chi connectivity index (χ4n) is 4.38. The van der Waals surface area contributed by atoms with Crippen molar-refractivity contribution in [1.82, 2.24) is 24.5 Å². The third-order valence-corrected chi connectivity index (χ3v) is 6.31. The number of hydrogen-bond donors (Lipinski definition) is 2. The lowest BCUT2D eigenvalue weighted by molar-refractivity contribution is 0.102. The highest BCUT2D eigenvalue weighted by Crippen LogP contribution is 2.30. The number of carbonyl (C=O) groups is 2. The Kier molecular flexibility index (Phi) is 6.27. The fraction of sp³-hybridized carbons (Fsp3) is 0.179. The van der Waals surface area contributed by atoms with E-state index in [9.17, 15) is 9.59 Å². The Labute approximate surface area is 214 Å². The van der Waals surface area contributed by atoms with Gasteiger partial charge in [0.2, 0.25) is 0 Å². The lowest BCUT2D eigenvalue weighted by Crippen LogP contribution is -2.18. The maximum atomic E-state index is 13.7. The standard InChI is InChI=1S/C28H27N7O2/c1-5-35-16-24(26(33-35)28(37)29-19-11-7-6-8-12-19)31-27(36)21-15-23(25-17(2)32-34(4)18(25)3)30-22-14-10-9-13-20(21)22/h6-16H,5H2,1-4H3,(H,29,37)(H,31,36). The quantitative estimate of drug-likeness (QED) is 0.347. The minimum atomic E-state index is -0.407. The van der Waals surface area contributed by atoms with Crippen LogP contribution in [0.2, 0.25) is 0 Å². The monoisotopic (exact) mass is 493 g/mol. The smallest absolute Gasteiger partial charge is 0.278 e. The first-order valence-electron chi connectivity index (χ1n) is 12.0. The molecule has 9 nitrogen and oxygen atoms in total. The maximum absolute atomic E-state index is 13.7. The maximum Gasteiger partial charge on any atom is 0.278 e. The molecule has 5 rings (SSSR count). The molecule has 0 fully saturated rings. The second kappa shape index (κ2) is 9.69. The van der Waals surface area contributed by atoms with Crippen molar-refractivity contribution in [1.29, 1.82) is 0 Å². The van der Waals surface area contributed by atoms with Crippen LogP contribution in [0, 0.1) is 13.8 Å². The molecule has 186 valence electrons. The number of para-hydroxylation sites is 2. The number of aryl methyl sites for hydroxylation is 3. The minimum Gasteiger partial charge on any atom is -0.321 e. The molecule has 0 aliphatic rings. The number of rotatable bonds is 6. The lowest BCUT2D eigenvalue weighted by atomic mass is 10.0. The van der Waals surface area contributed by atoms with Crippen molar-refractivity contribution in [3.63, 3.8) is 0 Å². The van der Waals surface area contributed by atoms with Gasteiger partial charge in [0.25, 0.3) is 11.8 Å². The molecule has 0 radical (unpaired) electrons. The normalized spacial score (nSPS) is 11.0. The van der Waals surface area contributed by atoms with Crippen LogP contribution in [0.4, 0.5) is 11.4 Å². The van der Waals surface area contributed by atoms with Gasteiger partial charge in [0, 0.05) is 42.1 Å². The summed E-state index contributed by atoms with van der Waals surface area (Å²) in [7, 11) is 1.88. The summed E-state index contributed by atoms with van der Waals surface area (Å²) in [6.45, 7) is 6.36. The number of pyridine rings is 1. The van der Waals surface area contributed by atoms with Crippen LogP contribution < -0.4 is 10.6 Å². The van der Waals surface area contributed by atoms with Crippen LogP contribution in [0.3, 0.4) is 0 Å². The summed E-state index contributed by atoms with van der Waals surface area (Å²) in [5, 5.41) is 15.4. The highest BCUT2D eigenvalue weighted by molar-refractivity contribution is 6.15. The molecule has 5 aromatic rings. The molecule has 2 N–H and O–H groups in total. The van der Waals surface area contributed by atoms with E-state index in [2.05, 4.69) is 20.8 Å². The van der Waals surface area contributed by atoms with E-state index in [1.807, 2.05) is 70.3 Å². The van der Waals surface area contributed by atoms with Crippen LogP contribution in [0.25, 0.3) is 22.2 Å². The summed E-state index contributed by atoms with van der Waals surface area (Å²) >= 11 is 0. The third-order valence-electron chi connectivity index (χ3n) is 6.31. The fourth-order valence-corrected chi connectivity index (χ4v) is 4.38. The van der Waals surface area contributed by atoms with Crippen LogP contribution in [0.1, 0.15) is 39.2 Å². The van der Waals surface area contributed by atoms with Crippen molar-refractivity contribution in [3.8, 4) is 11.3 Å². The van der Waals surface area contributed by atoms with Crippen molar-refractivity contribution < 1.29 is 9.59 Å². The van der Waals surface area contributed by atoms with E-state index in [0.717, 1.165) is 17.0 Å². The van der Waals surface area contributed by atoms with Crippen LogP contribution in [-0.4, -0.2) is 36.4 Å². The van der Waals surface area contributed by atoms with E-state index < -0.39 is 5.91 Å². The largest absolute Gasteiger partial charge is 0.321 e. The number of benzene rings is 2. The molecule has 0 saturated carbocycles. The molecule has 0 atom stereocenters. The van der Waals surface area contributed by atoms with Gasteiger partial charge in [-0.25, -0.2) is 4.98 Å². The molecule has 9 heteroatoms. The molecule has 3 aromatic heterocycles. The van der Waals surface area contributed by atoms with Crippen LogP contribution in [-0.2, 0) is 13.6 Å². The Hall–Kier alpha value is -4.79. The predicted molar refractivity (Wildman–Crippen MR) is 144 cm³/mol. The topological polar surface area (TPSA) is 107 Å². The van der Waals surface area contributed by atoms with Crippen LogP contribution >= 0.6 is 0 Å². The van der Waals surface area contributed by atoms with E-state index >= 15 is 0 Å². The number of hydrogen-bond acceptors (Lipinski definition) is 5. The Morgan fingerprint density at radius 2 is 1.65 bits per heavy atom. The van der Waals surface area contributed by atoms with Gasteiger partial charge in [0.15, 0.2) is 5.69 Å². The molecule has 2 amide bonds. The molecule has 37 heavy (non-hydrogen) atoms.